The smallest absolute Gasteiger partial charge is 0.261 e. The number of aryl methyl sites for hydroxylation is 3. The second kappa shape index (κ2) is 9.99. The number of carbonyl (C=O) groups excluding carboxylic acids is 2. The third kappa shape index (κ3) is 6.84. The summed E-state index contributed by atoms with van der Waals surface area (Å²) in [6, 6.07) is 11.3. The molecule has 0 saturated carbocycles. The molecule has 0 spiro atoms. The fraction of sp³-hybridized carbons (Fsp3) is 0.462. The molecule has 2 rings (SSSR count). The molecule has 0 unspecified atom stereocenters. The van der Waals surface area contributed by atoms with Crippen LogP contribution in [0.15, 0.2) is 36.4 Å². The van der Waals surface area contributed by atoms with E-state index in [1.165, 1.54) is 0 Å². The summed E-state index contributed by atoms with van der Waals surface area (Å²) in [6.45, 7) is 15.8. The van der Waals surface area contributed by atoms with Gasteiger partial charge >= 0.3 is 0 Å². The summed E-state index contributed by atoms with van der Waals surface area (Å²) in [5, 5.41) is 2.98. The van der Waals surface area contributed by atoms with Crippen LogP contribution in [0.25, 0.3) is 0 Å². The van der Waals surface area contributed by atoms with E-state index in [1.54, 1.807) is 11.8 Å². The second-order valence-corrected chi connectivity index (χ2v) is 9.36. The number of nitrogens with one attached hydrogen (secondary N) is 1. The number of hydrogen-bond donors (Lipinski definition) is 1. The predicted octanol–water partition coefficient (Wildman–Crippen LogP) is 4.63. The maximum absolute atomic E-state index is 13.2. The van der Waals surface area contributed by atoms with E-state index >= 15 is 0 Å². The van der Waals surface area contributed by atoms with Gasteiger partial charge in [0.05, 0.1) is 0 Å². The third-order valence-electron chi connectivity index (χ3n) is 5.38. The Morgan fingerprint density at radius 2 is 1.68 bits per heavy atom. The maximum Gasteiger partial charge on any atom is 0.261 e. The van der Waals surface area contributed by atoms with Crippen molar-refractivity contribution < 1.29 is 14.3 Å². The van der Waals surface area contributed by atoms with Crippen LogP contribution in [0.2, 0.25) is 0 Å². The molecule has 2 aromatic carbocycles. The average Bonchev–Trinajstić information content (AvgIpc) is 2.67. The van der Waals surface area contributed by atoms with Gasteiger partial charge in [0.15, 0.2) is 6.61 Å². The van der Waals surface area contributed by atoms with Crippen molar-refractivity contribution >= 4 is 11.8 Å². The molecule has 0 aromatic heterocycles. The van der Waals surface area contributed by atoms with E-state index < -0.39 is 6.04 Å². The molecule has 0 bridgehead atoms. The molecule has 0 heterocycles. The standard InChI is InChI=1S/C26H36N2O3/c1-17-13-19(3)20(4)23(14-17)31-16-24(29)28(15-22-12-10-9-11-18(22)2)21(5)25(30)27-26(6,7)8/h9-14,21H,15-16H2,1-8H3,(H,27,30)/t21-/m1/s1. The number of carbonyl (C=O) groups is 2. The lowest BCUT2D eigenvalue weighted by Gasteiger charge is -2.31. The van der Waals surface area contributed by atoms with Gasteiger partial charge in [-0.05, 0) is 89.3 Å². The van der Waals surface area contributed by atoms with Crippen LogP contribution in [0.4, 0.5) is 0 Å². The van der Waals surface area contributed by atoms with Crippen molar-refractivity contribution in [2.24, 2.45) is 0 Å². The molecule has 0 saturated heterocycles. The highest BCUT2D eigenvalue weighted by Gasteiger charge is 2.29. The summed E-state index contributed by atoms with van der Waals surface area (Å²) < 4.78 is 5.92. The summed E-state index contributed by atoms with van der Waals surface area (Å²) in [5.41, 5.74) is 4.93. The molecular formula is C26H36N2O3. The van der Waals surface area contributed by atoms with Crippen LogP contribution < -0.4 is 10.1 Å². The highest BCUT2D eigenvalue weighted by Crippen LogP contribution is 2.23. The average molecular weight is 425 g/mol. The van der Waals surface area contributed by atoms with E-state index in [-0.39, 0.29) is 24.0 Å². The second-order valence-electron chi connectivity index (χ2n) is 9.36. The highest BCUT2D eigenvalue weighted by atomic mass is 16.5. The Bertz CT molecular complexity index is 944. The van der Waals surface area contributed by atoms with Gasteiger partial charge in [0.1, 0.15) is 11.8 Å². The normalized spacial score (nSPS) is 12.3. The monoisotopic (exact) mass is 424 g/mol. The van der Waals surface area contributed by atoms with Crippen LogP contribution in [0.5, 0.6) is 5.75 Å². The molecule has 0 fully saturated rings. The lowest BCUT2D eigenvalue weighted by molar-refractivity contribution is -0.142. The molecule has 5 nitrogen and oxygen atoms in total. The van der Waals surface area contributed by atoms with Crippen LogP contribution in [0.3, 0.4) is 0 Å². The van der Waals surface area contributed by atoms with Gasteiger partial charge in [-0.2, -0.15) is 0 Å². The summed E-state index contributed by atoms with van der Waals surface area (Å²) in [7, 11) is 0. The zero-order valence-electron chi connectivity index (χ0n) is 20.1. The van der Waals surface area contributed by atoms with E-state index in [9.17, 15) is 9.59 Å². The van der Waals surface area contributed by atoms with Crippen LogP contribution in [-0.2, 0) is 16.1 Å². The number of nitrogens with zero attached hydrogens (tertiary/aromatic N) is 1. The predicted molar refractivity (Wildman–Crippen MR) is 125 cm³/mol. The first-order chi connectivity index (χ1) is 14.4. The number of ether oxygens (including phenoxy) is 1. The van der Waals surface area contributed by atoms with Crippen molar-refractivity contribution in [1.82, 2.24) is 10.2 Å². The molecule has 0 radical (unpaired) electrons. The first kappa shape index (κ1) is 24.4. The van der Waals surface area contributed by atoms with Crippen LogP contribution in [-0.4, -0.2) is 34.9 Å². The summed E-state index contributed by atoms with van der Waals surface area (Å²) in [4.78, 5) is 27.7. The third-order valence-corrected chi connectivity index (χ3v) is 5.38. The molecule has 2 aromatic rings. The van der Waals surface area contributed by atoms with E-state index in [0.29, 0.717) is 12.3 Å². The Balaban J connectivity index is 2.25. The van der Waals surface area contributed by atoms with Crippen molar-refractivity contribution in [2.75, 3.05) is 6.61 Å². The minimum Gasteiger partial charge on any atom is -0.483 e. The minimum absolute atomic E-state index is 0.122. The number of amides is 2. The number of benzene rings is 2. The Labute approximate surface area is 186 Å². The Kier molecular flexibility index (Phi) is 7.88. The highest BCUT2D eigenvalue weighted by molar-refractivity contribution is 5.88. The maximum atomic E-state index is 13.2. The van der Waals surface area contributed by atoms with Crippen LogP contribution in [0, 0.1) is 27.7 Å². The first-order valence-corrected chi connectivity index (χ1v) is 10.8. The summed E-state index contributed by atoms with van der Waals surface area (Å²) in [5.74, 6) is 0.295. The van der Waals surface area contributed by atoms with E-state index in [1.807, 2.05) is 78.8 Å². The largest absolute Gasteiger partial charge is 0.483 e. The van der Waals surface area contributed by atoms with Gasteiger partial charge in [0.25, 0.3) is 5.91 Å². The van der Waals surface area contributed by atoms with Crippen LogP contribution in [0.1, 0.15) is 55.5 Å². The van der Waals surface area contributed by atoms with Gasteiger partial charge < -0.3 is 15.0 Å². The zero-order valence-corrected chi connectivity index (χ0v) is 20.1. The molecule has 168 valence electrons. The molecule has 0 aliphatic rings. The van der Waals surface area contributed by atoms with Gasteiger partial charge in [0.2, 0.25) is 5.91 Å². The lowest BCUT2D eigenvalue weighted by atomic mass is 10.1. The van der Waals surface area contributed by atoms with Crippen LogP contribution >= 0.6 is 0 Å². The van der Waals surface area contributed by atoms with Crippen molar-refractivity contribution in [3.8, 4) is 5.75 Å². The van der Waals surface area contributed by atoms with Gasteiger partial charge in [-0.3, -0.25) is 9.59 Å². The van der Waals surface area contributed by atoms with Gasteiger partial charge in [0, 0.05) is 12.1 Å². The summed E-state index contributed by atoms with van der Waals surface area (Å²) in [6.07, 6.45) is 0. The zero-order chi connectivity index (χ0) is 23.3. The fourth-order valence-corrected chi connectivity index (χ4v) is 3.40. The number of hydrogen-bond acceptors (Lipinski definition) is 3. The quantitative estimate of drug-likeness (QED) is 0.705. The molecule has 0 aliphatic heterocycles. The van der Waals surface area contributed by atoms with E-state index in [2.05, 4.69) is 11.4 Å². The van der Waals surface area contributed by atoms with Gasteiger partial charge in [-0.15, -0.1) is 0 Å². The van der Waals surface area contributed by atoms with Gasteiger partial charge in [-0.25, -0.2) is 0 Å². The van der Waals surface area contributed by atoms with Gasteiger partial charge in [-0.1, -0.05) is 30.3 Å². The summed E-state index contributed by atoms with van der Waals surface area (Å²) >= 11 is 0. The molecular weight excluding hydrogens is 388 g/mol. The van der Waals surface area contributed by atoms with E-state index in [0.717, 1.165) is 27.8 Å². The Morgan fingerprint density at radius 1 is 1.03 bits per heavy atom. The topological polar surface area (TPSA) is 58.6 Å². The molecule has 2 amide bonds. The molecule has 1 atom stereocenters. The van der Waals surface area contributed by atoms with E-state index in [4.69, 9.17) is 4.74 Å². The molecule has 0 aliphatic carbocycles. The van der Waals surface area contributed by atoms with Crippen molar-refractivity contribution in [3.05, 3.63) is 64.2 Å². The van der Waals surface area contributed by atoms with Crippen molar-refractivity contribution in [3.63, 3.8) is 0 Å². The lowest BCUT2D eigenvalue weighted by Crippen LogP contribution is -2.53. The van der Waals surface area contributed by atoms with Crippen molar-refractivity contribution in [2.45, 2.75) is 73.5 Å². The molecule has 1 N–H and O–H groups in total. The minimum atomic E-state index is -0.629. The molecule has 5 heteroatoms. The Morgan fingerprint density at radius 3 is 2.29 bits per heavy atom. The molecule has 31 heavy (non-hydrogen) atoms. The fourth-order valence-electron chi connectivity index (χ4n) is 3.40. The SMILES string of the molecule is Cc1cc(C)c(C)c(OCC(=O)N(Cc2ccccc2C)[C@H](C)C(=O)NC(C)(C)C)c1. The Hall–Kier alpha value is -2.82. The van der Waals surface area contributed by atoms with Crippen molar-refractivity contribution in [1.29, 1.82) is 0 Å². The first-order valence-electron chi connectivity index (χ1n) is 10.8. The number of rotatable bonds is 7.